The van der Waals surface area contributed by atoms with E-state index in [1.165, 1.54) is 29.3 Å². The highest BCUT2D eigenvalue weighted by Crippen LogP contribution is 2.24. The van der Waals surface area contributed by atoms with E-state index in [9.17, 15) is 13.2 Å². The molecule has 2 aliphatic heterocycles. The van der Waals surface area contributed by atoms with E-state index in [2.05, 4.69) is 34.5 Å². The molecule has 0 spiro atoms. The van der Waals surface area contributed by atoms with Crippen LogP contribution in [-0.2, 0) is 14.8 Å². The van der Waals surface area contributed by atoms with Gasteiger partial charge in [0.1, 0.15) is 0 Å². The molecule has 1 aromatic rings. The molecular weight excluding hydrogens is 374 g/mol. The highest BCUT2D eigenvalue weighted by Gasteiger charge is 2.30. The summed E-state index contributed by atoms with van der Waals surface area (Å²) in [4.78, 5) is 15.1. The maximum atomic E-state index is 12.6. The Morgan fingerprint density at radius 3 is 2.25 bits per heavy atom. The Bertz CT molecular complexity index is 750. The number of sulfonamides is 1. The molecular formula is C21H33N3O3S. The highest BCUT2D eigenvalue weighted by molar-refractivity contribution is 7.89. The minimum absolute atomic E-state index is 0.0288. The van der Waals surface area contributed by atoms with Crippen molar-refractivity contribution in [2.24, 2.45) is 5.92 Å². The van der Waals surface area contributed by atoms with Gasteiger partial charge in [0.2, 0.25) is 15.9 Å². The van der Waals surface area contributed by atoms with Gasteiger partial charge in [-0.25, -0.2) is 12.7 Å². The van der Waals surface area contributed by atoms with Crippen LogP contribution in [0.4, 0.5) is 5.69 Å². The summed E-state index contributed by atoms with van der Waals surface area (Å²) in [7, 11) is -3.15. The van der Waals surface area contributed by atoms with Crippen LogP contribution in [-0.4, -0.2) is 50.6 Å². The average Bonchev–Trinajstić information content (AvgIpc) is 2.74. The van der Waals surface area contributed by atoms with E-state index in [1.54, 1.807) is 6.92 Å². The van der Waals surface area contributed by atoms with Crippen LogP contribution in [0.3, 0.4) is 0 Å². The molecule has 2 saturated heterocycles. The first-order valence-electron chi connectivity index (χ1n) is 10.5. The fourth-order valence-corrected chi connectivity index (χ4v) is 5.25. The molecule has 1 amide bonds. The minimum atomic E-state index is -3.15. The molecule has 7 heteroatoms. The molecule has 0 aliphatic carbocycles. The number of piperidine rings is 2. The van der Waals surface area contributed by atoms with Crippen molar-refractivity contribution >= 4 is 21.6 Å². The van der Waals surface area contributed by atoms with E-state index in [0.717, 1.165) is 18.7 Å². The predicted octanol–water partition coefficient (Wildman–Crippen LogP) is 2.92. The topological polar surface area (TPSA) is 69.7 Å². The summed E-state index contributed by atoms with van der Waals surface area (Å²) in [6, 6.07) is 8.45. The van der Waals surface area contributed by atoms with Gasteiger partial charge in [-0.05, 0) is 63.6 Å². The molecule has 0 bridgehead atoms. The number of rotatable bonds is 6. The Labute approximate surface area is 169 Å². The first-order chi connectivity index (χ1) is 13.4. The number of hydrogen-bond acceptors (Lipinski definition) is 4. The molecule has 3 rings (SSSR count). The fourth-order valence-electron chi connectivity index (χ4n) is 4.12. The monoisotopic (exact) mass is 407 g/mol. The van der Waals surface area contributed by atoms with Gasteiger partial charge in [0.25, 0.3) is 0 Å². The van der Waals surface area contributed by atoms with E-state index in [0.29, 0.717) is 25.9 Å². The highest BCUT2D eigenvalue weighted by atomic mass is 32.2. The zero-order valence-corrected chi connectivity index (χ0v) is 17.9. The Balaban J connectivity index is 1.51. The van der Waals surface area contributed by atoms with Gasteiger partial charge in [-0.15, -0.1) is 0 Å². The number of anilines is 1. The molecule has 1 unspecified atom stereocenters. The lowest BCUT2D eigenvalue weighted by Crippen LogP contribution is -2.43. The SMILES string of the molecule is CCS(=O)(=O)N1CCC(C(=O)NC(C)c2ccc(N3CCCCC3)cc2)CC1. The van der Waals surface area contributed by atoms with Crippen molar-refractivity contribution in [1.29, 1.82) is 0 Å². The summed E-state index contributed by atoms with van der Waals surface area (Å²) >= 11 is 0. The summed E-state index contributed by atoms with van der Waals surface area (Å²) in [5, 5.41) is 3.11. The number of amides is 1. The van der Waals surface area contributed by atoms with Crippen molar-refractivity contribution in [3.8, 4) is 0 Å². The standard InChI is InChI=1S/C21H33N3O3S/c1-3-28(26,27)24-15-11-19(12-16-24)21(25)22-17(2)18-7-9-20(10-8-18)23-13-5-4-6-14-23/h7-10,17,19H,3-6,11-16H2,1-2H3,(H,22,25). The Hall–Kier alpha value is -1.60. The van der Waals surface area contributed by atoms with Crippen molar-refractivity contribution in [3.63, 3.8) is 0 Å². The fraction of sp³-hybridized carbons (Fsp3) is 0.667. The normalized spacial score (nSPS) is 20.7. The smallest absolute Gasteiger partial charge is 0.223 e. The van der Waals surface area contributed by atoms with Crippen molar-refractivity contribution in [2.45, 2.75) is 52.0 Å². The van der Waals surface area contributed by atoms with E-state index in [-0.39, 0.29) is 23.6 Å². The van der Waals surface area contributed by atoms with Crippen molar-refractivity contribution in [2.75, 3.05) is 36.8 Å². The molecule has 2 heterocycles. The first kappa shape index (κ1) is 21.1. The molecule has 28 heavy (non-hydrogen) atoms. The van der Waals surface area contributed by atoms with Crippen molar-refractivity contribution in [1.82, 2.24) is 9.62 Å². The molecule has 0 saturated carbocycles. The van der Waals surface area contributed by atoms with E-state index < -0.39 is 10.0 Å². The number of carbonyl (C=O) groups is 1. The van der Waals surface area contributed by atoms with Crippen LogP contribution in [0.2, 0.25) is 0 Å². The zero-order chi connectivity index (χ0) is 20.1. The van der Waals surface area contributed by atoms with E-state index in [1.807, 2.05) is 6.92 Å². The van der Waals surface area contributed by atoms with Crippen LogP contribution in [0.15, 0.2) is 24.3 Å². The van der Waals surface area contributed by atoms with Gasteiger partial charge in [0.05, 0.1) is 11.8 Å². The Morgan fingerprint density at radius 1 is 1.07 bits per heavy atom. The Morgan fingerprint density at radius 2 is 1.68 bits per heavy atom. The van der Waals surface area contributed by atoms with Gasteiger partial charge in [-0.1, -0.05) is 12.1 Å². The predicted molar refractivity (Wildman–Crippen MR) is 113 cm³/mol. The van der Waals surface area contributed by atoms with Gasteiger partial charge in [-0.3, -0.25) is 4.79 Å². The number of carbonyl (C=O) groups excluding carboxylic acids is 1. The lowest BCUT2D eigenvalue weighted by atomic mass is 9.96. The van der Waals surface area contributed by atoms with Crippen LogP contribution < -0.4 is 10.2 Å². The van der Waals surface area contributed by atoms with E-state index >= 15 is 0 Å². The number of hydrogen-bond donors (Lipinski definition) is 1. The minimum Gasteiger partial charge on any atom is -0.372 e. The lowest BCUT2D eigenvalue weighted by molar-refractivity contribution is -0.126. The second-order valence-corrected chi connectivity index (χ2v) is 10.2. The van der Waals surface area contributed by atoms with E-state index in [4.69, 9.17) is 0 Å². The van der Waals surface area contributed by atoms with Gasteiger partial charge >= 0.3 is 0 Å². The molecule has 0 radical (unpaired) electrons. The van der Waals surface area contributed by atoms with Gasteiger partial charge < -0.3 is 10.2 Å². The third kappa shape index (κ3) is 5.06. The maximum Gasteiger partial charge on any atom is 0.223 e. The van der Waals surface area contributed by atoms with Gasteiger partial charge in [0, 0.05) is 37.8 Å². The van der Waals surface area contributed by atoms with Crippen molar-refractivity contribution < 1.29 is 13.2 Å². The van der Waals surface area contributed by atoms with Crippen LogP contribution in [0.25, 0.3) is 0 Å². The van der Waals surface area contributed by atoms with Crippen LogP contribution in [0.1, 0.15) is 57.6 Å². The summed E-state index contributed by atoms with van der Waals surface area (Å²) in [5.41, 5.74) is 2.35. The zero-order valence-electron chi connectivity index (χ0n) is 17.1. The van der Waals surface area contributed by atoms with Crippen LogP contribution >= 0.6 is 0 Å². The summed E-state index contributed by atoms with van der Waals surface area (Å²) in [6.07, 6.45) is 5.01. The lowest BCUT2D eigenvalue weighted by Gasteiger charge is -2.31. The average molecular weight is 408 g/mol. The number of benzene rings is 1. The molecule has 1 aromatic carbocycles. The molecule has 2 aliphatic rings. The first-order valence-corrected chi connectivity index (χ1v) is 12.1. The van der Waals surface area contributed by atoms with Gasteiger partial charge in [0.15, 0.2) is 0 Å². The molecule has 156 valence electrons. The van der Waals surface area contributed by atoms with Crippen LogP contribution in [0.5, 0.6) is 0 Å². The molecule has 1 N–H and O–H groups in total. The van der Waals surface area contributed by atoms with Crippen LogP contribution in [0, 0.1) is 5.92 Å². The molecule has 1 atom stereocenters. The van der Waals surface area contributed by atoms with Gasteiger partial charge in [-0.2, -0.15) is 0 Å². The molecule has 2 fully saturated rings. The van der Waals surface area contributed by atoms with Crippen molar-refractivity contribution in [3.05, 3.63) is 29.8 Å². The summed E-state index contributed by atoms with van der Waals surface area (Å²) in [5.74, 6) is 0.0356. The third-order valence-electron chi connectivity index (χ3n) is 6.06. The number of nitrogens with one attached hydrogen (secondary N) is 1. The quantitative estimate of drug-likeness (QED) is 0.787. The second kappa shape index (κ2) is 9.27. The second-order valence-electron chi connectivity index (χ2n) is 7.94. The largest absolute Gasteiger partial charge is 0.372 e. The Kier molecular flexibility index (Phi) is 6.99. The third-order valence-corrected chi connectivity index (χ3v) is 7.94. The molecule has 0 aromatic heterocycles. The summed E-state index contributed by atoms with van der Waals surface area (Å²) < 4.78 is 25.4. The number of nitrogens with zero attached hydrogens (tertiary/aromatic N) is 2. The summed E-state index contributed by atoms with van der Waals surface area (Å²) in [6.45, 7) is 6.79. The molecule has 6 nitrogen and oxygen atoms in total. The maximum absolute atomic E-state index is 12.6.